The first-order valence-electron chi connectivity index (χ1n) is 5.38. The zero-order valence-corrected chi connectivity index (χ0v) is 10.5. The summed E-state index contributed by atoms with van der Waals surface area (Å²) in [6.45, 7) is 0. The van der Waals surface area contributed by atoms with E-state index in [0.29, 0.717) is 23.4 Å². The average Bonchev–Trinajstić information content (AvgIpc) is 2.97. The lowest BCUT2D eigenvalue weighted by Gasteiger charge is -2.10. The van der Waals surface area contributed by atoms with Gasteiger partial charge in [-0.15, -0.1) is 11.3 Å². The van der Waals surface area contributed by atoms with Crippen molar-refractivity contribution >= 4 is 34.8 Å². The molecule has 6 nitrogen and oxygen atoms in total. The highest BCUT2D eigenvalue weighted by Crippen LogP contribution is 2.23. The zero-order chi connectivity index (χ0) is 13.1. The molecule has 18 heavy (non-hydrogen) atoms. The smallest absolute Gasteiger partial charge is 0.350 e. The number of ether oxygens (including phenoxy) is 1. The molecule has 1 aliphatic rings. The maximum atomic E-state index is 11.8. The second kappa shape index (κ2) is 5.18. The minimum atomic E-state index is -0.525. The van der Waals surface area contributed by atoms with Gasteiger partial charge in [-0.05, 0) is 17.9 Å². The van der Waals surface area contributed by atoms with E-state index < -0.39 is 12.0 Å². The molecule has 0 aromatic carbocycles. The first-order valence-corrected chi connectivity index (χ1v) is 6.26. The third-order valence-electron chi connectivity index (χ3n) is 2.61. The van der Waals surface area contributed by atoms with Crippen LogP contribution >= 0.6 is 11.3 Å². The van der Waals surface area contributed by atoms with Crippen LogP contribution in [0.15, 0.2) is 11.4 Å². The number of hydrogen-bond donors (Lipinski definition) is 2. The standard InChI is InChI=1S/C11H12N2O4S/c1-17-11(16)9-6(4-5-18-9)13-10(15)7-2-3-8(14)12-7/h4-5,7H,2-3H2,1H3,(H,12,14)(H,13,15)/t7-/m1/s1. The summed E-state index contributed by atoms with van der Waals surface area (Å²) < 4.78 is 4.61. The topological polar surface area (TPSA) is 84.5 Å². The molecule has 0 aliphatic carbocycles. The Kier molecular flexibility index (Phi) is 3.61. The van der Waals surface area contributed by atoms with Crippen molar-refractivity contribution in [1.29, 1.82) is 0 Å². The lowest BCUT2D eigenvalue weighted by molar-refractivity contribution is -0.122. The van der Waals surface area contributed by atoms with Gasteiger partial charge in [0, 0.05) is 6.42 Å². The van der Waals surface area contributed by atoms with E-state index in [9.17, 15) is 14.4 Å². The Morgan fingerprint density at radius 2 is 2.33 bits per heavy atom. The summed E-state index contributed by atoms with van der Waals surface area (Å²) in [6, 6.07) is 1.11. The molecule has 96 valence electrons. The van der Waals surface area contributed by atoms with Gasteiger partial charge in [-0.2, -0.15) is 0 Å². The summed E-state index contributed by atoms with van der Waals surface area (Å²) in [5, 5.41) is 6.88. The number of amides is 2. The third kappa shape index (κ3) is 2.51. The minimum Gasteiger partial charge on any atom is -0.465 e. The molecule has 2 heterocycles. The molecule has 0 bridgehead atoms. The number of nitrogens with one attached hydrogen (secondary N) is 2. The molecule has 0 saturated carbocycles. The molecule has 0 unspecified atom stereocenters. The van der Waals surface area contributed by atoms with Gasteiger partial charge in [-0.25, -0.2) is 4.79 Å². The lowest BCUT2D eigenvalue weighted by atomic mass is 10.2. The fourth-order valence-corrected chi connectivity index (χ4v) is 2.45. The van der Waals surface area contributed by atoms with Gasteiger partial charge >= 0.3 is 5.97 Å². The van der Waals surface area contributed by atoms with Gasteiger partial charge in [-0.3, -0.25) is 9.59 Å². The highest BCUT2D eigenvalue weighted by molar-refractivity contribution is 7.12. The normalized spacial score (nSPS) is 18.3. The third-order valence-corrected chi connectivity index (χ3v) is 3.50. The monoisotopic (exact) mass is 268 g/mol. The first-order chi connectivity index (χ1) is 8.61. The van der Waals surface area contributed by atoms with Crippen molar-refractivity contribution in [2.24, 2.45) is 0 Å². The summed E-state index contributed by atoms with van der Waals surface area (Å²) in [6.07, 6.45) is 0.827. The highest BCUT2D eigenvalue weighted by Gasteiger charge is 2.28. The van der Waals surface area contributed by atoms with Gasteiger partial charge in [0.05, 0.1) is 12.8 Å². The minimum absolute atomic E-state index is 0.131. The highest BCUT2D eigenvalue weighted by atomic mass is 32.1. The van der Waals surface area contributed by atoms with Crippen molar-refractivity contribution < 1.29 is 19.1 Å². The molecule has 7 heteroatoms. The number of carbonyl (C=O) groups excluding carboxylic acids is 3. The van der Waals surface area contributed by atoms with Gasteiger partial charge in [0.15, 0.2) is 0 Å². The summed E-state index contributed by atoms with van der Waals surface area (Å²) >= 11 is 1.19. The second-order valence-electron chi connectivity index (χ2n) is 3.80. The molecule has 0 radical (unpaired) electrons. The Morgan fingerprint density at radius 3 is 2.94 bits per heavy atom. The molecule has 1 fully saturated rings. The Hall–Kier alpha value is -1.89. The molecule has 1 aromatic rings. The number of esters is 1. The van der Waals surface area contributed by atoms with E-state index in [0.717, 1.165) is 0 Å². The molecule has 1 atom stereocenters. The largest absolute Gasteiger partial charge is 0.465 e. The Balaban J connectivity index is 2.05. The Morgan fingerprint density at radius 1 is 1.56 bits per heavy atom. The van der Waals surface area contributed by atoms with Gasteiger partial charge < -0.3 is 15.4 Å². The summed E-state index contributed by atoms with van der Waals surface area (Å²) in [5.41, 5.74) is 0.415. The lowest BCUT2D eigenvalue weighted by Crippen LogP contribution is -2.37. The van der Waals surface area contributed by atoms with E-state index in [2.05, 4.69) is 15.4 Å². The number of rotatable bonds is 3. The number of carbonyl (C=O) groups is 3. The van der Waals surface area contributed by atoms with E-state index in [1.54, 1.807) is 11.4 Å². The number of anilines is 1. The van der Waals surface area contributed by atoms with E-state index in [-0.39, 0.29) is 11.8 Å². The van der Waals surface area contributed by atoms with Crippen LogP contribution < -0.4 is 10.6 Å². The van der Waals surface area contributed by atoms with Crippen molar-refractivity contribution in [1.82, 2.24) is 5.32 Å². The summed E-state index contributed by atoms with van der Waals surface area (Å²) in [7, 11) is 1.28. The molecule has 2 rings (SSSR count). The van der Waals surface area contributed by atoms with Crippen LogP contribution in [0.25, 0.3) is 0 Å². The van der Waals surface area contributed by atoms with Crippen LogP contribution in [-0.2, 0) is 14.3 Å². The van der Waals surface area contributed by atoms with Crippen molar-refractivity contribution in [2.75, 3.05) is 12.4 Å². The summed E-state index contributed by atoms with van der Waals surface area (Å²) in [4.78, 5) is 34.6. The van der Waals surface area contributed by atoms with Crippen LogP contribution in [-0.4, -0.2) is 30.9 Å². The Labute approximate surface area is 107 Å². The predicted octanol–water partition coefficient (Wildman–Crippen LogP) is 0.752. The average molecular weight is 268 g/mol. The number of thiophene rings is 1. The van der Waals surface area contributed by atoms with Crippen LogP contribution in [0.2, 0.25) is 0 Å². The van der Waals surface area contributed by atoms with Crippen LogP contribution in [0.5, 0.6) is 0 Å². The molecular formula is C11H12N2O4S. The van der Waals surface area contributed by atoms with E-state index >= 15 is 0 Å². The van der Waals surface area contributed by atoms with Crippen molar-refractivity contribution in [3.05, 3.63) is 16.3 Å². The quantitative estimate of drug-likeness (QED) is 0.792. The molecule has 1 aromatic heterocycles. The van der Waals surface area contributed by atoms with Crippen LogP contribution in [0.1, 0.15) is 22.5 Å². The van der Waals surface area contributed by atoms with Crippen LogP contribution in [0.4, 0.5) is 5.69 Å². The SMILES string of the molecule is COC(=O)c1sccc1NC(=O)[C@H]1CCC(=O)N1. The summed E-state index contributed by atoms with van der Waals surface area (Å²) in [5.74, 6) is -0.936. The van der Waals surface area contributed by atoms with Crippen molar-refractivity contribution in [3.8, 4) is 0 Å². The number of hydrogen-bond acceptors (Lipinski definition) is 5. The van der Waals surface area contributed by atoms with Gasteiger partial charge in [0.1, 0.15) is 10.9 Å². The van der Waals surface area contributed by atoms with Gasteiger partial charge in [0.25, 0.3) is 0 Å². The van der Waals surface area contributed by atoms with E-state index in [4.69, 9.17) is 0 Å². The molecule has 2 N–H and O–H groups in total. The molecule has 1 saturated heterocycles. The Bertz CT molecular complexity index is 497. The first kappa shape index (κ1) is 12.6. The molecule has 1 aliphatic heterocycles. The van der Waals surface area contributed by atoms with Crippen LogP contribution in [0, 0.1) is 0 Å². The van der Waals surface area contributed by atoms with Gasteiger partial charge in [0.2, 0.25) is 11.8 Å². The maximum Gasteiger partial charge on any atom is 0.350 e. The number of methoxy groups -OCH3 is 1. The molecular weight excluding hydrogens is 256 g/mol. The van der Waals surface area contributed by atoms with Crippen LogP contribution in [0.3, 0.4) is 0 Å². The van der Waals surface area contributed by atoms with Crippen molar-refractivity contribution in [3.63, 3.8) is 0 Å². The molecule has 0 spiro atoms. The zero-order valence-electron chi connectivity index (χ0n) is 9.69. The van der Waals surface area contributed by atoms with Gasteiger partial charge in [-0.1, -0.05) is 0 Å². The maximum absolute atomic E-state index is 11.8. The van der Waals surface area contributed by atoms with Crippen molar-refractivity contribution in [2.45, 2.75) is 18.9 Å². The fourth-order valence-electron chi connectivity index (χ4n) is 1.69. The fraction of sp³-hybridized carbons (Fsp3) is 0.364. The van der Waals surface area contributed by atoms with E-state index in [1.807, 2.05) is 0 Å². The predicted molar refractivity (Wildman–Crippen MR) is 65.5 cm³/mol. The molecule has 2 amide bonds. The second-order valence-corrected chi connectivity index (χ2v) is 4.72. The van der Waals surface area contributed by atoms with E-state index in [1.165, 1.54) is 18.4 Å².